The zero-order valence-corrected chi connectivity index (χ0v) is 24.9. The van der Waals surface area contributed by atoms with Gasteiger partial charge in [-0.2, -0.15) is 0 Å². The number of fused-ring (bicyclic) bond motifs is 2. The van der Waals surface area contributed by atoms with Crippen LogP contribution in [0, 0.1) is 11.1 Å². The lowest BCUT2D eigenvalue weighted by Gasteiger charge is -2.58. The van der Waals surface area contributed by atoms with E-state index in [1.54, 1.807) is 0 Å². The predicted octanol–water partition coefficient (Wildman–Crippen LogP) is 3.34. The van der Waals surface area contributed by atoms with Gasteiger partial charge in [0.05, 0.1) is 29.4 Å². The third-order valence-corrected chi connectivity index (χ3v) is 9.35. The first kappa shape index (κ1) is 28.9. The van der Waals surface area contributed by atoms with Crippen molar-refractivity contribution < 1.29 is 19.6 Å². The number of aliphatic hydroxyl groups is 2. The number of nitrogens with one attached hydrogen (secondary N) is 1. The summed E-state index contributed by atoms with van der Waals surface area (Å²) in [5.41, 5.74) is 10.1. The minimum Gasteiger partial charge on any atom is -0.632 e. The second-order valence-electron chi connectivity index (χ2n) is 13.5. The Hall–Kier alpha value is -3.16. The van der Waals surface area contributed by atoms with Gasteiger partial charge in [-0.3, -0.25) is 4.57 Å². The van der Waals surface area contributed by atoms with Gasteiger partial charge in [0, 0.05) is 19.3 Å². The van der Waals surface area contributed by atoms with Crippen LogP contribution in [0.15, 0.2) is 30.9 Å². The van der Waals surface area contributed by atoms with Crippen LogP contribution in [0.1, 0.15) is 71.5 Å². The summed E-state index contributed by atoms with van der Waals surface area (Å²) in [6.45, 7) is 10.5. The highest BCUT2D eigenvalue weighted by molar-refractivity contribution is 5.81. The van der Waals surface area contributed by atoms with E-state index in [2.05, 4.69) is 58.9 Å². The quantitative estimate of drug-likeness (QED) is 0.181. The van der Waals surface area contributed by atoms with E-state index in [1.165, 1.54) is 22.8 Å². The summed E-state index contributed by atoms with van der Waals surface area (Å²) in [6, 6.07) is 6.11. The van der Waals surface area contributed by atoms with Gasteiger partial charge in [-0.05, 0) is 49.3 Å². The van der Waals surface area contributed by atoms with Crippen molar-refractivity contribution in [3.63, 3.8) is 0 Å². The summed E-state index contributed by atoms with van der Waals surface area (Å²) in [6.07, 6.45) is 1.94. The molecular formula is C30H42N8O4. The fourth-order valence-electron chi connectivity index (χ4n) is 6.51. The number of hydrogen-bond donors (Lipinski definition) is 4. The van der Waals surface area contributed by atoms with Gasteiger partial charge in [-0.25, -0.2) is 19.9 Å². The van der Waals surface area contributed by atoms with E-state index in [9.17, 15) is 15.4 Å². The molecule has 0 spiro atoms. The lowest BCUT2D eigenvalue weighted by atomic mass is 9.75. The highest BCUT2D eigenvalue weighted by Crippen LogP contribution is 2.42. The zero-order chi connectivity index (χ0) is 30.0. The maximum atomic E-state index is 14.3. The maximum absolute atomic E-state index is 14.3. The Bertz CT molecular complexity index is 1570. The molecule has 3 aromatic heterocycles. The van der Waals surface area contributed by atoms with Gasteiger partial charge in [0.15, 0.2) is 17.7 Å². The number of rotatable bonds is 8. The van der Waals surface area contributed by atoms with Gasteiger partial charge in [-0.15, -0.1) is 0 Å². The average molecular weight is 579 g/mol. The van der Waals surface area contributed by atoms with Gasteiger partial charge < -0.3 is 35.5 Å². The number of hydroxylamine groups is 3. The Morgan fingerprint density at radius 2 is 1.93 bits per heavy atom. The summed E-state index contributed by atoms with van der Waals surface area (Å²) < 4.78 is 7.19. The van der Waals surface area contributed by atoms with Crippen molar-refractivity contribution in [2.45, 2.75) is 102 Å². The molecule has 1 aromatic carbocycles. The Morgan fingerprint density at radius 3 is 2.64 bits per heavy atom. The number of quaternary nitrogens is 1. The van der Waals surface area contributed by atoms with E-state index in [0.29, 0.717) is 17.1 Å². The summed E-state index contributed by atoms with van der Waals surface area (Å²) in [4.78, 5) is 20.7. The van der Waals surface area contributed by atoms with Crippen molar-refractivity contribution >= 4 is 28.0 Å². The number of nitrogens with zero attached hydrogens (tertiary/aromatic N) is 6. The maximum Gasteiger partial charge on any atom is 0.167 e. The lowest BCUT2D eigenvalue weighted by Crippen LogP contribution is -2.63. The highest BCUT2D eigenvalue weighted by Gasteiger charge is 2.50. The summed E-state index contributed by atoms with van der Waals surface area (Å²) in [7, 11) is 0. The molecule has 2 aliphatic rings. The molecule has 12 nitrogen and oxygen atoms in total. The summed E-state index contributed by atoms with van der Waals surface area (Å²) in [5, 5.41) is 36.1. The molecule has 1 unspecified atom stereocenters. The van der Waals surface area contributed by atoms with E-state index in [1.807, 2.05) is 13.8 Å². The van der Waals surface area contributed by atoms with Crippen molar-refractivity contribution in [3.8, 4) is 0 Å². The second kappa shape index (κ2) is 10.5. The first-order chi connectivity index (χ1) is 19.8. The first-order valence-electron chi connectivity index (χ1n) is 14.9. The van der Waals surface area contributed by atoms with Gasteiger partial charge in [0.25, 0.3) is 0 Å². The summed E-state index contributed by atoms with van der Waals surface area (Å²) >= 11 is 0. The first-order valence-corrected chi connectivity index (χ1v) is 14.9. The minimum absolute atomic E-state index is 0.0488. The number of benzene rings is 1. The fraction of sp³-hybridized carbons (Fsp3) is 0.600. The number of ether oxygens (including phenoxy) is 1. The van der Waals surface area contributed by atoms with Crippen LogP contribution in [0.4, 0.5) is 5.82 Å². The fourth-order valence-corrected chi connectivity index (χ4v) is 6.51. The highest BCUT2D eigenvalue weighted by atomic mass is 16.6. The Labute approximate surface area is 245 Å². The molecule has 6 rings (SSSR count). The molecule has 0 bridgehead atoms. The van der Waals surface area contributed by atoms with Gasteiger partial charge in [0.2, 0.25) is 0 Å². The van der Waals surface area contributed by atoms with E-state index < -0.39 is 29.2 Å². The molecule has 0 radical (unpaired) electrons. The molecule has 5 atom stereocenters. The van der Waals surface area contributed by atoms with Crippen molar-refractivity contribution in [2.24, 2.45) is 5.92 Å². The van der Waals surface area contributed by atoms with Crippen molar-refractivity contribution in [1.82, 2.24) is 29.5 Å². The Balaban J connectivity index is 1.09. The number of aromatic nitrogens is 6. The SMILES string of the molecule is CC(C)[N@+]([O-])(C[C@H]1OC(n2cnc3c(N)ncnc32)[C@H](O)[C@@H]1O)C1CC(CCc2nc3ccc(C(C)(C)C)cc3[nH]2)C1. The number of hydrogen-bond acceptors (Lipinski definition) is 9. The number of nitrogen functional groups attached to an aromatic ring is 1. The Morgan fingerprint density at radius 1 is 1.17 bits per heavy atom. The average Bonchev–Trinajstić information content (AvgIpc) is 3.59. The zero-order valence-electron chi connectivity index (χ0n) is 24.9. The third kappa shape index (κ3) is 5.05. The van der Waals surface area contributed by atoms with Gasteiger partial charge >= 0.3 is 0 Å². The molecule has 4 aromatic rings. The van der Waals surface area contributed by atoms with E-state index >= 15 is 0 Å². The number of imidazole rings is 2. The second-order valence-corrected chi connectivity index (χ2v) is 13.5. The normalized spacial score (nSPS) is 28.0. The Kier molecular flexibility index (Phi) is 7.25. The van der Waals surface area contributed by atoms with Crippen LogP contribution in [-0.2, 0) is 16.6 Å². The van der Waals surface area contributed by atoms with Gasteiger partial charge in [0.1, 0.15) is 42.5 Å². The monoisotopic (exact) mass is 578 g/mol. The van der Waals surface area contributed by atoms with E-state index in [0.717, 1.165) is 42.5 Å². The van der Waals surface area contributed by atoms with Crippen LogP contribution < -0.4 is 5.73 Å². The van der Waals surface area contributed by atoms with Crippen LogP contribution >= 0.6 is 0 Å². The number of anilines is 1. The summed E-state index contributed by atoms with van der Waals surface area (Å²) in [5.74, 6) is 1.63. The van der Waals surface area contributed by atoms with Crippen LogP contribution in [0.2, 0.25) is 0 Å². The van der Waals surface area contributed by atoms with Crippen LogP contribution in [-0.4, -0.2) is 81.3 Å². The predicted molar refractivity (Wildman–Crippen MR) is 159 cm³/mol. The molecule has 2 fully saturated rings. The smallest absolute Gasteiger partial charge is 0.167 e. The topological polar surface area (TPSA) is 171 Å². The number of aliphatic hydroxyl groups excluding tert-OH is 2. The molecule has 1 aliphatic heterocycles. The number of H-pyrrole nitrogens is 1. The number of aryl methyl sites for hydroxylation is 1. The largest absolute Gasteiger partial charge is 0.632 e. The molecule has 4 heterocycles. The molecule has 226 valence electrons. The molecular weight excluding hydrogens is 536 g/mol. The molecule has 12 heteroatoms. The molecule has 1 saturated carbocycles. The standard InChI is InChI=1S/C30H42N8O4/c1-16(2)38(41,13-22-25(39)26(40)29(42-22)37-15-34-24-27(31)32-14-33-28(24)37)19-10-17(11-19)6-9-23-35-20-8-7-18(30(3,4)5)12-21(20)36-23/h7-8,12,14-17,19,22,25-26,29,39-40H,6,9-11,13H2,1-5H3,(H,35,36)(H2,31,32,33)/t17?,19?,22-,25-,26-,29?,38-/m1/s1. The minimum atomic E-state index is -1.25. The number of aromatic amines is 1. The molecule has 42 heavy (non-hydrogen) atoms. The van der Waals surface area contributed by atoms with Crippen molar-refractivity contribution in [1.29, 1.82) is 0 Å². The van der Waals surface area contributed by atoms with Gasteiger partial charge in [-0.1, -0.05) is 26.8 Å². The molecule has 5 N–H and O–H groups in total. The van der Waals surface area contributed by atoms with Crippen LogP contribution in [0.25, 0.3) is 22.2 Å². The van der Waals surface area contributed by atoms with Crippen molar-refractivity contribution in [2.75, 3.05) is 12.3 Å². The van der Waals surface area contributed by atoms with Crippen LogP contribution in [0.5, 0.6) is 0 Å². The van der Waals surface area contributed by atoms with Crippen molar-refractivity contribution in [3.05, 3.63) is 47.4 Å². The van der Waals surface area contributed by atoms with E-state index in [-0.39, 0.29) is 29.9 Å². The molecule has 0 amide bonds. The van der Waals surface area contributed by atoms with Crippen LogP contribution in [0.3, 0.4) is 0 Å². The lowest BCUT2D eigenvalue weighted by molar-refractivity contribution is -0.935. The molecule has 1 saturated heterocycles. The molecule has 1 aliphatic carbocycles. The third-order valence-electron chi connectivity index (χ3n) is 9.35. The van der Waals surface area contributed by atoms with E-state index in [4.69, 9.17) is 15.5 Å². The number of nitrogens with two attached hydrogens (primary N) is 1.